The molecule has 5 unspecified atom stereocenters. The molecule has 2 aliphatic rings. The summed E-state index contributed by atoms with van der Waals surface area (Å²) in [5.74, 6) is 0.524. The minimum Gasteiger partial charge on any atom is -0.389 e. The predicted octanol–water partition coefficient (Wildman–Crippen LogP) is 0.154. The topological polar surface area (TPSA) is 68.5 Å². The lowest BCUT2D eigenvalue weighted by Crippen LogP contribution is -2.58. The van der Waals surface area contributed by atoms with Crippen LogP contribution in [0.5, 0.6) is 0 Å². The van der Waals surface area contributed by atoms with Crippen LogP contribution >= 0.6 is 0 Å². The number of hydrogen-bond acceptors (Lipinski definition) is 5. The molecule has 3 rings (SSSR count). The van der Waals surface area contributed by atoms with Crippen molar-refractivity contribution in [3.05, 3.63) is 18.5 Å². The van der Waals surface area contributed by atoms with Crippen molar-refractivity contribution >= 4 is 0 Å². The van der Waals surface area contributed by atoms with E-state index in [1.54, 1.807) is 10.9 Å². The quantitative estimate of drug-likeness (QED) is 0.813. The van der Waals surface area contributed by atoms with E-state index in [0.29, 0.717) is 12.5 Å². The smallest absolute Gasteiger partial charge is 0.183 e. The number of rotatable bonds is 4. The summed E-state index contributed by atoms with van der Waals surface area (Å²) in [6.07, 6.45) is 2.48. The van der Waals surface area contributed by atoms with Crippen LogP contribution in [0.3, 0.4) is 0 Å². The molecule has 1 aromatic rings. The summed E-state index contributed by atoms with van der Waals surface area (Å²) in [6, 6.07) is 1.43. The second kappa shape index (κ2) is 5.20. The van der Waals surface area contributed by atoms with Crippen molar-refractivity contribution in [1.82, 2.24) is 15.1 Å². The van der Waals surface area contributed by atoms with Gasteiger partial charge < -0.3 is 19.9 Å². The third-order valence-electron chi connectivity index (χ3n) is 3.72. The van der Waals surface area contributed by atoms with E-state index in [1.165, 1.54) is 0 Å². The molecule has 19 heavy (non-hydrogen) atoms. The van der Waals surface area contributed by atoms with Gasteiger partial charge in [-0.1, -0.05) is 13.8 Å². The van der Waals surface area contributed by atoms with Crippen molar-refractivity contribution in [2.75, 3.05) is 13.2 Å². The van der Waals surface area contributed by atoms with Gasteiger partial charge in [-0.05, 0) is 18.5 Å². The molecule has 2 bridgehead atoms. The summed E-state index contributed by atoms with van der Waals surface area (Å²) in [4.78, 5) is 0. The van der Waals surface area contributed by atoms with E-state index in [9.17, 15) is 5.11 Å². The Kier molecular flexibility index (Phi) is 3.58. The zero-order valence-corrected chi connectivity index (χ0v) is 11.3. The summed E-state index contributed by atoms with van der Waals surface area (Å²) in [5, 5.41) is 18.2. The Balaban J connectivity index is 1.78. The minimum absolute atomic E-state index is 0.0782. The zero-order valence-electron chi connectivity index (χ0n) is 11.3. The molecule has 2 fully saturated rings. The van der Waals surface area contributed by atoms with E-state index in [2.05, 4.69) is 24.3 Å². The van der Waals surface area contributed by atoms with E-state index < -0.39 is 12.4 Å². The molecule has 0 spiro atoms. The Morgan fingerprint density at radius 3 is 3.05 bits per heavy atom. The molecule has 2 aliphatic heterocycles. The summed E-state index contributed by atoms with van der Waals surface area (Å²) >= 11 is 0. The Bertz CT molecular complexity index is 409. The molecule has 2 N–H and O–H groups in total. The van der Waals surface area contributed by atoms with Crippen LogP contribution in [-0.4, -0.2) is 52.6 Å². The van der Waals surface area contributed by atoms with Crippen molar-refractivity contribution in [2.24, 2.45) is 5.92 Å². The first-order valence-electron chi connectivity index (χ1n) is 6.84. The lowest BCUT2D eigenvalue weighted by Gasteiger charge is -2.39. The summed E-state index contributed by atoms with van der Waals surface area (Å²) < 4.78 is 13.2. The van der Waals surface area contributed by atoms with Gasteiger partial charge in [0.1, 0.15) is 12.1 Å². The molecule has 0 aromatic carbocycles. The van der Waals surface area contributed by atoms with Crippen LogP contribution in [0.1, 0.15) is 19.9 Å². The highest BCUT2D eigenvalue weighted by atomic mass is 16.7. The minimum atomic E-state index is -0.565. The van der Waals surface area contributed by atoms with Gasteiger partial charge in [0.2, 0.25) is 0 Å². The summed E-state index contributed by atoms with van der Waals surface area (Å²) in [6.45, 7) is 5.65. The van der Waals surface area contributed by atoms with Crippen LogP contribution in [0.4, 0.5) is 0 Å². The first-order chi connectivity index (χ1) is 9.16. The maximum atomic E-state index is 10.6. The highest BCUT2D eigenvalue weighted by Crippen LogP contribution is 2.35. The number of hydrogen-bond donors (Lipinski definition) is 2. The summed E-state index contributed by atoms with van der Waals surface area (Å²) in [7, 11) is 0. The molecule has 6 nitrogen and oxygen atoms in total. The largest absolute Gasteiger partial charge is 0.389 e. The van der Waals surface area contributed by atoms with Gasteiger partial charge >= 0.3 is 0 Å². The van der Waals surface area contributed by atoms with Gasteiger partial charge in [-0.25, -0.2) is 0 Å². The van der Waals surface area contributed by atoms with Crippen molar-refractivity contribution in [3.63, 3.8) is 0 Å². The molecule has 0 saturated carbocycles. The molecule has 1 aromatic heterocycles. The third-order valence-corrected chi connectivity index (χ3v) is 3.72. The number of fused-ring (bicyclic) bond motifs is 2. The van der Waals surface area contributed by atoms with E-state index in [-0.39, 0.29) is 18.2 Å². The van der Waals surface area contributed by atoms with E-state index in [4.69, 9.17) is 9.47 Å². The first kappa shape index (κ1) is 13.1. The van der Waals surface area contributed by atoms with Crippen LogP contribution in [0, 0.1) is 5.92 Å². The molecule has 3 heterocycles. The molecular weight excluding hydrogens is 246 g/mol. The van der Waals surface area contributed by atoms with Crippen LogP contribution in [0.2, 0.25) is 0 Å². The number of aliphatic hydroxyl groups excluding tert-OH is 1. The number of ether oxygens (including phenoxy) is 2. The number of nitrogens with zero attached hydrogens (tertiary/aromatic N) is 2. The Morgan fingerprint density at radius 1 is 1.53 bits per heavy atom. The lowest BCUT2D eigenvalue weighted by atomic mass is 9.95. The third kappa shape index (κ3) is 2.41. The monoisotopic (exact) mass is 267 g/mol. The molecule has 0 radical (unpaired) electrons. The van der Waals surface area contributed by atoms with Gasteiger partial charge in [0.05, 0.1) is 18.8 Å². The number of aliphatic hydroxyl groups is 1. The van der Waals surface area contributed by atoms with Gasteiger partial charge in [0.25, 0.3) is 0 Å². The van der Waals surface area contributed by atoms with Crippen molar-refractivity contribution in [3.8, 4) is 0 Å². The zero-order chi connectivity index (χ0) is 13.4. The Labute approximate surface area is 112 Å². The van der Waals surface area contributed by atoms with Crippen LogP contribution < -0.4 is 5.32 Å². The lowest BCUT2D eigenvalue weighted by molar-refractivity contribution is -0.168. The highest BCUT2D eigenvalue weighted by molar-refractivity contribution is 5.00. The molecule has 0 amide bonds. The fourth-order valence-electron chi connectivity index (χ4n) is 2.76. The number of nitrogens with one attached hydrogen (secondary N) is 1. The standard InChI is InChI=1S/C13H21N3O3/c1-8(2)6-14-10-9-7-18-13(19-9)11(12(10)17)16-5-3-4-15-16/h3-5,8-14,17H,6-7H2,1-2H3. The number of aromatic nitrogens is 2. The normalized spacial score (nSPS) is 38.0. The molecule has 6 heteroatoms. The summed E-state index contributed by atoms with van der Waals surface area (Å²) in [5.41, 5.74) is 0. The molecule has 0 aliphatic carbocycles. The maximum absolute atomic E-state index is 10.6. The highest BCUT2D eigenvalue weighted by Gasteiger charge is 2.50. The second-order valence-corrected chi connectivity index (χ2v) is 5.67. The maximum Gasteiger partial charge on any atom is 0.183 e. The van der Waals surface area contributed by atoms with Crippen LogP contribution in [0.15, 0.2) is 18.5 Å². The van der Waals surface area contributed by atoms with Crippen LogP contribution in [0.25, 0.3) is 0 Å². The van der Waals surface area contributed by atoms with Gasteiger partial charge in [-0.3, -0.25) is 4.68 Å². The Hall–Kier alpha value is -0.950. The molecule has 2 saturated heterocycles. The van der Waals surface area contributed by atoms with Crippen molar-refractivity contribution < 1.29 is 14.6 Å². The van der Waals surface area contributed by atoms with Gasteiger partial charge in [-0.15, -0.1) is 0 Å². The second-order valence-electron chi connectivity index (χ2n) is 5.67. The molecular formula is C13H21N3O3. The fraction of sp³-hybridized carbons (Fsp3) is 0.769. The van der Waals surface area contributed by atoms with E-state index >= 15 is 0 Å². The Morgan fingerprint density at radius 2 is 2.37 bits per heavy atom. The first-order valence-corrected chi connectivity index (χ1v) is 6.84. The molecule has 106 valence electrons. The van der Waals surface area contributed by atoms with Gasteiger partial charge in [0, 0.05) is 12.4 Å². The van der Waals surface area contributed by atoms with Crippen molar-refractivity contribution in [1.29, 1.82) is 0 Å². The predicted molar refractivity (Wildman–Crippen MR) is 68.5 cm³/mol. The SMILES string of the molecule is CC(C)CNC1C2COC(O2)C(n2cccn2)C1O. The fourth-order valence-corrected chi connectivity index (χ4v) is 2.76. The van der Waals surface area contributed by atoms with E-state index in [1.807, 2.05) is 12.3 Å². The van der Waals surface area contributed by atoms with Crippen molar-refractivity contribution in [2.45, 2.75) is 44.4 Å². The van der Waals surface area contributed by atoms with Crippen LogP contribution in [-0.2, 0) is 9.47 Å². The van der Waals surface area contributed by atoms with E-state index in [0.717, 1.165) is 6.54 Å². The average Bonchev–Trinajstić information content (AvgIpc) is 3.00. The average molecular weight is 267 g/mol. The van der Waals surface area contributed by atoms with Gasteiger partial charge in [0.15, 0.2) is 6.29 Å². The molecule has 5 atom stereocenters. The van der Waals surface area contributed by atoms with Gasteiger partial charge in [-0.2, -0.15) is 5.10 Å².